The Morgan fingerprint density at radius 2 is 1.65 bits per heavy atom. The van der Waals surface area contributed by atoms with Crippen LogP contribution in [-0.2, 0) is 14.8 Å². The lowest BCUT2D eigenvalue weighted by molar-refractivity contribution is -0.117. The van der Waals surface area contributed by atoms with Gasteiger partial charge >= 0.3 is 0 Å². The zero-order chi connectivity index (χ0) is 18.6. The zero-order valence-corrected chi connectivity index (χ0v) is 16.6. The molecule has 3 rings (SSSR count). The first-order valence-electron chi connectivity index (χ1n) is 7.63. The summed E-state index contributed by atoms with van der Waals surface area (Å²) in [6, 6.07) is 17.9. The number of hydrogen-bond donors (Lipinski definition) is 2. The van der Waals surface area contributed by atoms with E-state index < -0.39 is 22.0 Å². The largest absolute Gasteiger partial charge is 0.324 e. The molecule has 8 heteroatoms. The van der Waals surface area contributed by atoms with Gasteiger partial charge in [-0.15, -0.1) is 11.3 Å². The van der Waals surface area contributed by atoms with E-state index in [4.69, 9.17) is 0 Å². The summed E-state index contributed by atoms with van der Waals surface area (Å²) in [5.74, 6) is -0.460. The number of benzene rings is 2. The lowest BCUT2D eigenvalue weighted by atomic mass is 10.1. The summed E-state index contributed by atoms with van der Waals surface area (Å²) >= 11 is 4.43. The fourth-order valence-electron chi connectivity index (χ4n) is 2.30. The molecule has 0 fully saturated rings. The molecule has 0 radical (unpaired) electrons. The summed E-state index contributed by atoms with van der Waals surface area (Å²) in [6.07, 6.45) is 0. The maximum atomic E-state index is 12.8. The predicted molar refractivity (Wildman–Crippen MR) is 107 cm³/mol. The first kappa shape index (κ1) is 18.8. The molecule has 1 amide bonds. The van der Waals surface area contributed by atoms with Crippen molar-refractivity contribution in [3.8, 4) is 0 Å². The van der Waals surface area contributed by atoms with Crippen molar-refractivity contribution in [2.75, 3.05) is 5.32 Å². The molecule has 0 bridgehead atoms. The van der Waals surface area contributed by atoms with Crippen molar-refractivity contribution >= 4 is 48.9 Å². The average molecular weight is 451 g/mol. The van der Waals surface area contributed by atoms with Gasteiger partial charge in [0.2, 0.25) is 5.91 Å². The van der Waals surface area contributed by atoms with E-state index in [2.05, 4.69) is 26.0 Å². The van der Waals surface area contributed by atoms with Gasteiger partial charge in [-0.1, -0.05) is 52.3 Å². The molecule has 0 aliphatic carbocycles. The topological polar surface area (TPSA) is 75.3 Å². The molecule has 2 aromatic carbocycles. The molecule has 26 heavy (non-hydrogen) atoms. The smallest absolute Gasteiger partial charge is 0.251 e. The van der Waals surface area contributed by atoms with Crippen molar-refractivity contribution in [1.29, 1.82) is 0 Å². The number of hydrogen-bond acceptors (Lipinski definition) is 4. The van der Waals surface area contributed by atoms with Crippen LogP contribution >= 0.6 is 27.3 Å². The summed E-state index contributed by atoms with van der Waals surface area (Å²) < 4.78 is 28.7. The quantitative estimate of drug-likeness (QED) is 0.591. The molecular formula is C18H15BrN2O3S2. The molecule has 134 valence electrons. The van der Waals surface area contributed by atoms with Crippen LogP contribution in [0.1, 0.15) is 11.6 Å². The highest BCUT2D eigenvalue weighted by atomic mass is 79.9. The van der Waals surface area contributed by atoms with E-state index >= 15 is 0 Å². The van der Waals surface area contributed by atoms with Crippen LogP contribution < -0.4 is 10.0 Å². The molecule has 1 atom stereocenters. The van der Waals surface area contributed by atoms with Crippen LogP contribution in [0.4, 0.5) is 5.69 Å². The van der Waals surface area contributed by atoms with E-state index in [0.29, 0.717) is 11.3 Å². The molecule has 5 nitrogen and oxygen atoms in total. The SMILES string of the molecule is O=C(Nc1ccc(Br)cc1)[C@H](NS(=O)(=O)c1cccs1)c1ccccc1. The highest BCUT2D eigenvalue weighted by Gasteiger charge is 2.27. The van der Waals surface area contributed by atoms with E-state index in [1.165, 1.54) is 6.07 Å². The van der Waals surface area contributed by atoms with Crippen molar-refractivity contribution in [2.24, 2.45) is 0 Å². The summed E-state index contributed by atoms with van der Waals surface area (Å²) in [4.78, 5) is 12.8. The Labute approximate surface area is 164 Å². The average Bonchev–Trinajstić information content (AvgIpc) is 3.18. The Bertz CT molecular complexity index is 973. The maximum absolute atomic E-state index is 12.8. The van der Waals surface area contributed by atoms with E-state index in [9.17, 15) is 13.2 Å². The van der Waals surface area contributed by atoms with Crippen molar-refractivity contribution in [3.05, 3.63) is 82.1 Å². The van der Waals surface area contributed by atoms with Crippen LogP contribution in [-0.4, -0.2) is 14.3 Å². The molecule has 1 heterocycles. The zero-order valence-electron chi connectivity index (χ0n) is 13.4. The van der Waals surface area contributed by atoms with E-state index in [1.54, 1.807) is 66.0 Å². The molecule has 0 aliphatic heterocycles. The van der Waals surface area contributed by atoms with Crippen LogP contribution in [0.5, 0.6) is 0 Å². The molecule has 2 N–H and O–H groups in total. The first-order valence-corrected chi connectivity index (χ1v) is 10.8. The maximum Gasteiger partial charge on any atom is 0.251 e. The molecule has 0 saturated heterocycles. The normalized spacial score (nSPS) is 12.5. The molecule has 0 unspecified atom stereocenters. The van der Waals surface area contributed by atoms with Crippen molar-refractivity contribution in [1.82, 2.24) is 4.72 Å². The minimum atomic E-state index is -3.81. The van der Waals surface area contributed by atoms with Gasteiger partial charge < -0.3 is 5.32 Å². The minimum Gasteiger partial charge on any atom is -0.324 e. The number of carbonyl (C=O) groups excluding carboxylic acids is 1. The second-order valence-corrected chi connectivity index (χ2v) is 9.20. The number of thiophene rings is 1. The van der Waals surface area contributed by atoms with Gasteiger partial charge in [0, 0.05) is 10.2 Å². The standard InChI is InChI=1S/C18H15BrN2O3S2/c19-14-8-10-15(11-9-14)20-18(22)17(13-5-2-1-3-6-13)21-26(23,24)16-7-4-12-25-16/h1-12,17,21H,(H,20,22)/t17-/m1/s1. The first-order chi connectivity index (χ1) is 12.5. The van der Waals surface area contributed by atoms with E-state index in [1.807, 2.05) is 0 Å². The van der Waals surface area contributed by atoms with Crippen LogP contribution in [0.25, 0.3) is 0 Å². The summed E-state index contributed by atoms with van der Waals surface area (Å²) in [7, 11) is -3.81. The van der Waals surface area contributed by atoms with Crippen LogP contribution in [0.15, 0.2) is 80.8 Å². The lowest BCUT2D eigenvalue weighted by Gasteiger charge is -2.18. The third-order valence-electron chi connectivity index (χ3n) is 3.54. The third kappa shape index (κ3) is 4.59. The second-order valence-electron chi connectivity index (χ2n) is 5.39. The highest BCUT2D eigenvalue weighted by Crippen LogP contribution is 2.22. The van der Waals surface area contributed by atoms with Gasteiger partial charge in [-0.05, 0) is 41.3 Å². The second kappa shape index (κ2) is 8.13. The van der Waals surface area contributed by atoms with Gasteiger partial charge in [0.1, 0.15) is 10.3 Å². The van der Waals surface area contributed by atoms with Crippen LogP contribution in [0.3, 0.4) is 0 Å². The van der Waals surface area contributed by atoms with Gasteiger partial charge in [-0.2, -0.15) is 4.72 Å². The summed E-state index contributed by atoms with van der Waals surface area (Å²) in [6.45, 7) is 0. The van der Waals surface area contributed by atoms with E-state index in [0.717, 1.165) is 15.8 Å². The number of carbonyl (C=O) groups is 1. The number of anilines is 1. The number of amides is 1. The van der Waals surface area contributed by atoms with Crippen molar-refractivity contribution in [2.45, 2.75) is 10.3 Å². The molecule has 3 aromatic rings. The monoisotopic (exact) mass is 450 g/mol. The lowest BCUT2D eigenvalue weighted by Crippen LogP contribution is -2.36. The van der Waals surface area contributed by atoms with Crippen molar-refractivity contribution in [3.63, 3.8) is 0 Å². The van der Waals surface area contributed by atoms with Crippen LogP contribution in [0, 0.1) is 0 Å². The molecule has 0 aliphatic rings. The summed E-state index contributed by atoms with van der Waals surface area (Å²) in [5.41, 5.74) is 1.14. The molecule has 0 saturated carbocycles. The van der Waals surface area contributed by atoms with Crippen molar-refractivity contribution < 1.29 is 13.2 Å². The molecule has 0 spiro atoms. The fourth-order valence-corrected chi connectivity index (χ4v) is 4.75. The van der Waals surface area contributed by atoms with E-state index in [-0.39, 0.29) is 4.21 Å². The Balaban J connectivity index is 1.88. The molecular weight excluding hydrogens is 436 g/mol. The van der Waals surface area contributed by atoms with Crippen LogP contribution in [0.2, 0.25) is 0 Å². The predicted octanol–water partition coefficient (Wildman–Crippen LogP) is 4.17. The molecule has 1 aromatic heterocycles. The minimum absolute atomic E-state index is 0.162. The van der Waals surface area contributed by atoms with Gasteiger partial charge in [0.25, 0.3) is 10.0 Å². The number of halogens is 1. The number of rotatable bonds is 6. The number of nitrogens with one attached hydrogen (secondary N) is 2. The summed E-state index contributed by atoms with van der Waals surface area (Å²) in [5, 5.41) is 4.43. The Morgan fingerprint density at radius 3 is 2.27 bits per heavy atom. The Hall–Kier alpha value is -2.00. The third-order valence-corrected chi connectivity index (χ3v) is 6.89. The Morgan fingerprint density at radius 1 is 0.962 bits per heavy atom. The Kier molecular flexibility index (Phi) is 5.87. The van der Waals surface area contributed by atoms with Gasteiger partial charge in [-0.3, -0.25) is 4.79 Å². The number of sulfonamides is 1. The van der Waals surface area contributed by atoms with Gasteiger partial charge in [0.05, 0.1) is 0 Å². The fraction of sp³-hybridized carbons (Fsp3) is 0.0556. The van der Waals surface area contributed by atoms with Gasteiger partial charge in [0.15, 0.2) is 0 Å². The van der Waals surface area contributed by atoms with Gasteiger partial charge in [-0.25, -0.2) is 8.42 Å². The highest BCUT2D eigenvalue weighted by molar-refractivity contribution is 9.10.